The van der Waals surface area contributed by atoms with Crippen LogP contribution in [0.5, 0.6) is 0 Å². The number of carbonyl (C=O) groups is 1. The highest BCUT2D eigenvalue weighted by Gasteiger charge is 2.34. The fourth-order valence-electron chi connectivity index (χ4n) is 4.40. The molecular weight excluding hydrogens is 384 g/mol. The van der Waals surface area contributed by atoms with Crippen LogP contribution in [0.3, 0.4) is 0 Å². The van der Waals surface area contributed by atoms with Gasteiger partial charge in [0.1, 0.15) is 5.82 Å². The number of aromatic nitrogens is 2. The summed E-state index contributed by atoms with van der Waals surface area (Å²) in [5.41, 5.74) is 2.19. The number of nitrogens with zero attached hydrogens (tertiary/aromatic N) is 4. The van der Waals surface area contributed by atoms with Gasteiger partial charge in [-0.05, 0) is 23.6 Å². The van der Waals surface area contributed by atoms with E-state index in [9.17, 15) is 4.79 Å². The minimum atomic E-state index is 0.152. The number of carbonyl (C=O) groups excluding carboxylic acids is 1. The van der Waals surface area contributed by atoms with E-state index in [1.165, 1.54) is 10.4 Å². The fourth-order valence-corrected chi connectivity index (χ4v) is 5.12. The van der Waals surface area contributed by atoms with Crippen LogP contribution in [0.1, 0.15) is 23.0 Å². The molecular formula is C22H26N4O2S. The monoisotopic (exact) mass is 410 g/mol. The van der Waals surface area contributed by atoms with Crippen molar-refractivity contribution in [1.29, 1.82) is 0 Å². The average molecular weight is 411 g/mol. The van der Waals surface area contributed by atoms with Gasteiger partial charge in [-0.3, -0.25) is 9.69 Å². The molecule has 2 aliphatic rings. The predicted octanol–water partition coefficient (Wildman–Crippen LogP) is 2.95. The summed E-state index contributed by atoms with van der Waals surface area (Å²) in [6.45, 7) is 6.93. The molecule has 2 aromatic heterocycles. The lowest BCUT2D eigenvalue weighted by molar-refractivity contribution is -0.128. The Morgan fingerprint density at radius 2 is 1.97 bits per heavy atom. The minimum absolute atomic E-state index is 0.152. The summed E-state index contributed by atoms with van der Waals surface area (Å²) >= 11 is 1.71. The number of hydrogen-bond acceptors (Lipinski definition) is 5. The zero-order valence-corrected chi connectivity index (χ0v) is 17.3. The second kappa shape index (κ2) is 8.26. The highest BCUT2D eigenvalue weighted by Crippen LogP contribution is 2.31. The Hall–Kier alpha value is -2.22. The molecule has 0 aliphatic carbocycles. The molecule has 2 fully saturated rings. The van der Waals surface area contributed by atoms with E-state index in [0.717, 1.165) is 57.3 Å². The molecule has 7 heteroatoms. The van der Waals surface area contributed by atoms with Crippen LogP contribution in [0.4, 0.5) is 0 Å². The predicted molar refractivity (Wildman–Crippen MR) is 114 cm³/mol. The molecule has 5 rings (SSSR count). The second-order valence-electron chi connectivity index (χ2n) is 7.82. The van der Waals surface area contributed by atoms with Crippen molar-refractivity contribution >= 4 is 28.3 Å². The van der Waals surface area contributed by atoms with Gasteiger partial charge in [0.2, 0.25) is 5.91 Å². The third-order valence-corrected chi connectivity index (χ3v) is 6.80. The summed E-state index contributed by atoms with van der Waals surface area (Å²) in [6.07, 6.45) is 0.548. The van der Waals surface area contributed by atoms with Gasteiger partial charge >= 0.3 is 0 Å². The number of likely N-dealkylation sites (tertiary alicyclic amines) is 1. The smallest absolute Gasteiger partial charge is 0.223 e. The van der Waals surface area contributed by atoms with Gasteiger partial charge in [0.25, 0.3) is 0 Å². The van der Waals surface area contributed by atoms with Crippen molar-refractivity contribution < 1.29 is 9.53 Å². The van der Waals surface area contributed by atoms with E-state index >= 15 is 0 Å². The fraction of sp³-hybridized carbons (Fsp3) is 0.455. The average Bonchev–Trinajstić information content (AvgIpc) is 3.47. The highest BCUT2D eigenvalue weighted by molar-refractivity contribution is 7.09. The SMILES string of the molecule is O=C1C[C@H](c2nc3ccccc3n2CCN2CCOCC2)CN1Cc1cccs1. The van der Waals surface area contributed by atoms with Gasteiger partial charge < -0.3 is 14.2 Å². The van der Waals surface area contributed by atoms with Crippen molar-refractivity contribution in [2.45, 2.75) is 25.4 Å². The van der Waals surface area contributed by atoms with Crippen LogP contribution < -0.4 is 0 Å². The van der Waals surface area contributed by atoms with Crippen LogP contribution in [0.15, 0.2) is 41.8 Å². The van der Waals surface area contributed by atoms with E-state index in [2.05, 4.69) is 39.1 Å². The van der Waals surface area contributed by atoms with Crippen molar-refractivity contribution in [3.63, 3.8) is 0 Å². The first-order chi connectivity index (χ1) is 14.3. The molecule has 1 aromatic carbocycles. The normalized spacial score (nSPS) is 20.8. The number of morpholine rings is 1. The molecule has 1 amide bonds. The van der Waals surface area contributed by atoms with E-state index in [4.69, 9.17) is 9.72 Å². The van der Waals surface area contributed by atoms with Crippen molar-refractivity contribution in [1.82, 2.24) is 19.4 Å². The Balaban J connectivity index is 1.38. The van der Waals surface area contributed by atoms with Crippen LogP contribution in [0.25, 0.3) is 11.0 Å². The van der Waals surface area contributed by atoms with Crippen molar-refractivity contribution in [2.75, 3.05) is 39.4 Å². The van der Waals surface area contributed by atoms with E-state index < -0.39 is 0 Å². The summed E-state index contributed by atoms with van der Waals surface area (Å²) in [5, 5.41) is 2.07. The molecule has 3 aromatic rings. The lowest BCUT2D eigenvalue weighted by Crippen LogP contribution is -2.38. The largest absolute Gasteiger partial charge is 0.379 e. The van der Waals surface area contributed by atoms with E-state index in [0.29, 0.717) is 13.0 Å². The van der Waals surface area contributed by atoms with Gasteiger partial charge in [-0.25, -0.2) is 4.98 Å². The van der Waals surface area contributed by atoms with Crippen molar-refractivity contribution in [3.05, 3.63) is 52.5 Å². The molecule has 1 atom stereocenters. The maximum absolute atomic E-state index is 12.7. The third-order valence-electron chi connectivity index (χ3n) is 5.93. The number of hydrogen-bond donors (Lipinski definition) is 0. The first-order valence-electron chi connectivity index (χ1n) is 10.3. The first-order valence-corrected chi connectivity index (χ1v) is 11.2. The third kappa shape index (κ3) is 3.95. The molecule has 2 saturated heterocycles. The number of rotatable bonds is 6. The van der Waals surface area contributed by atoms with Crippen LogP contribution in [-0.4, -0.2) is 64.7 Å². The molecule has 0 radical (unpaired) electrons. The number of amides is 1. The highest BCUT2D eigenvalue weighted by atomic mass is 32.1. The maximum Gasteiger partial charge on any atom is 0.223 e. The van der Waals surface area contributed by atoms with E-state index in [1.807, 2.05) is 17.0 Å². The van der Waals surface area contributed by atoms with E-state index in [-0.39, 0.29) is 11.8 Å². The van der Waals surface area contributed by atoms with E-state index in [1.54, 1.807) is 11.3 Å². The summed E-state index contributed by atoms with van der Waals surface area (Å²) in [7, 11) is 0. The first kappa shape index (κ1) is 18.8. The van der Waals surface area contributed by atoms with Gasteiger partial charge in [0.15, 0.2) is 0 Å². The molecule has 0 saturated carbocycles. The van der Waals surface area contributed by atoms with Crippen molar-refractivity contribution in [3.8, 4) is 0 Å². The zero-order chi connectivity index (χ0) is 19.6. The minimum Gasteiger partial charge on any atom is -0.379 e. The number of thiophene rings is 1. The van der Waals surface area contributed by atoms with Gasteiger partial charge in [-0.2, -0.15) is 0 Å². The number of fused-ring (bicyclic) bond motifs is 1. The molecule has 0 N–H and O–H groups in total. The second-order valence-corrected chi connectivity index (χ2v) is 8.85. The van der Waals surface area contributed by atoms with Crippen LogP contribution >= 0.6 is 11.3 Å². The molecule has 0 spiro atoms. The lowest BCUT2D eigenvalue weighted by atomic mass is 10.1. The standard InChI is InChI=1S/C22H26N4O2S/c27-21-14-17(15-25(21)16-18-4-3-13-29-18)22-23-19-5-1-2-6-20(19)26(22)8-7-24-9-11-28-12-10-24/h1-6,13,17H,7-12,14-16H2/t17-/m0/s1. The lowest BCUT2D eigenvalue weighted by Gasteiger charge is -2.27. The molecule has 4 heterocycles. The summed E-state index contributed by atoms with van der Waals surface area (Å²) in [4.78, 5) is 23.3. The Bertz CT molecular complexity index is 978. The quantitative estimate of drug-likeness (QED) is 0.627. The molecule has 0 bridgehead atoms. The number of benzene rings is 1. The number of para-hydroxylation sites is 2. The van der Waals surface area contributed by atoms with Crippen LogP contribution in [0, 0.1) is 0 Å². The summed E-state index contributed by atoms with van der Waals surface area (Å²) in [5.74, 6) is 1.44. The van der Waals surface area contributed by atoms with Gasteiger partial charge in [0, 0.05) is 49.9 Å². The van der Waals surface area contributed by atoms with Gasteiger partial charge in [-0.15, -0.1) is 11.3 Å². The van der Waals surface area contributed by atoms with Crippen LogP contribution in [-0.2, 0) is 22.6 Å². The molecule has 152 valence electrons. The number of ether oxygens (including phenoxy) is 1. The molecule has 6 nitrogen and oxygen atoms in total. The Morgan fingerprint density at radius 1 is 1.10 bits per heavy atom. The Labute approximate surface area is 174 Å². The summed E-state index contributed by atoms with van der Waals surface area (Å²) in [6, 6.07) is 12.5. The summed E-state index contributed by atoms with van der Waals surface area (Å²) < 4.78 is 7.82. The topological polar surface area (TPSA) is 50.6 Å². The molecule has 29 heavy (non-hydrogen) atoms. The Morgan fingerprint density at radius 3 is 2.79 bits per heavy atom. The molecule has 2 aliphatic heterocycles. The van der Waals surface area contributed by atoms with Crippen molar-refractivity contribution in [2.24, 2.45) is 0 Å². The maximum atomic E-state index is 12.7. The molecule has 0 unspecified atom stereocenters. The number of imidazole rings is 1. The van der Waals surface area contributed by atoms with Gasteiger partial charge in [0.05, 0.1) is 30.8 Å². The Kier molecular flexibility index (Phi) is 5.35. The van der Waals surface area contributed by atoms with Gasteiger partial charge in [-0.1, -0.05) is 18.2 Å². The zero-order valence-electron chi connectivity index (χ0n) is 16.5. The van der Waals surface area contributed by atoms with Crippen LogP contribution in [0.2, 0.25) is 0 Å².